The number of imidazole rings is 1. The summed E-state index contributed by atoms with van der Waals surface area (Å²) in [5.74, 6) is 1.12. The lowest BCUT2D eigenvalue weighted by Crippen LogP contribution is -2.40. The van der Waals surface area contributed by atoms with E-state index in [1.807, 2.05) is 11.8 Å². The summed E-state index contributed by atoms with van der Waals surface area (Å²) in [4.78, 5) is 35.3. The first-order valence-corrected chi connectivity index (χ1v) is 9.69. The quantitative estimate of drug-likeness (QED) is 0.830. The Labute approximate surface area is 169 Å². The van der Waals surface area contributed by atoms with Gasteiger partial charge in [0, 0.05) is 56.8 Å². The summed E-state index contributed by atoms with van der Waals surface area (Å²) in [6.07, 6.45) is 3.16. The molecule has 3 rings (SSSR count). The van der Waals surface area contributed by atoms with Crippen molar-refractivity contribution in [2.45, 2.75) is 39.3 Å². The number of nitrogens with zero attached hydrogens (tertiary/aromatic N) is 3. The second-order valence-corrected chi connectivity index (χ2v) is 7.57. The first kappa shape index (κ1) is 20.2. The van der Waals surface area contributed by atoms with Crippen molar-refractivity contribution >= 4 is 23.4 Å². The molecule has 1 aliphatic rings. The number of nitrogens with one attached hydrogen (secondary N) is 1. The third kappa shape index (κ3) is 4.84. The molecule has 7 nitrogen and oxygen atoms in total. The van der Waals surface area contributed by atoms with Crippen LogP contribution in [0.4, 0.5) is 0 Å². The molecule has 1 aliphatic heterocycles. The van der Waals surface area contributed by atoms with E-state index in [0.717, 1.165) is 24.4 Å². The van der Waals surface area contributed by atoms with Gasteiger partial charge in [0.15, 0.2) is 0 Å². The van der Waals surface area contributed by atoms with Crippen LogP contribution >= 0.6 is 11.6 Å². The molecule has 2 aromatic rings. The second-order valence-electron chi connectivity index (χ2n) is 7.14. The molecule has 0 unspecified atom stereocenters. The van der Waals surface area contributed by atoms with Crippen LogP contribution in [0.2, 0.25) is 5.02 Å². The molecule has 150 valence electrons. The van der Waals surface area contributed by atoms with Gasteiger partial charge in [0.05, 0.1) is 12.1 Å². The van der Waals surface area contributed by atoms with E-state index < -0.39 is 0 Å². The number of aryl methyl sites for hydroxylation is 1. The van der Waals surface area contributed by atoms with Crippen LogP contribution in [0.1, 0.15) is 41.6 Å². The molecule has 0 bridgehead atoms. The second kappa shape index (κ2) is 8.65. The molecule has 1 aromatic heterocycles. The van der Waals surface area contributed by atoms with Gasteiger partial charge in [-0.25, -0.2) is 4.98 Å². The third-order valence-electron chi connectivity index (χ3n) is 4.84. The van der Waals surface area contributed by atoms with Gasteiger partial charge in [-0.05, 0) is 25.1 Å². The number of hydrogen-bond acceptors (Lipinski definition) is 4. The van der Waals surface area contributed by atoms with E-state index in [-0.39, 0.29) is 17.9 Å². The number of likely N-dealkylation sites (tertiary alicyclic amines) is 1. The molecule has 1 saturated heterocycles. The van der Waals surface area contributed by atoms with Crippen LogP contribution < -0.4 is 4.74 Å². The molecule has 0 radical (unpaired) electrons. The topological polar surface area (TPSA) is 78.5 Å². The Bertz CT molecular complexity index is 859. The lowest BCUT2D eigenvalue weighted by Gasteiger charge is -2.32. The van der Waals surface area contributed by atoms with Gasteiger partial charge < -0.3 is 19.5 Å². The molecule has 0 atom stereocenters. The van der Waals surface area contributed by atoms with Gasteiger partial charge in [0.2, 0.25) is 5.91 Å². The SMILES string of the molecule is CC(=O)N1CCC(Oc2ccc(Cl)cc2C(=O)N(C)Cc2ncc(C)[nH]2)CC1. The van der Waals surface area contributed by atoms with Crippen molar-refractivity contribution in [1.29, 1.82) is 0 Å². The molecule has 8 heteroatoms. The van der Waals surface area contributed by atoms with Crippen LogP contribution in [0.25, 0.3) is 0 Å². The van der Waals surface area contributed by atoms with Gasteiger partial charge in [-0.15, -0.1) is 0 Å². The van der Waals surface area contributed by atoms with Crippen molar-refractivity contribution in [2.75, 3.05) is 20.1 Å². The highest BCUT2D eigenvalue weighted by molar-refractivity contribution is 6.31. The van der Waals surface area contributed by atoms with Gasteiger partial charge in [-0.2, -0.15) is 0 Å². The minimum absolute atomic E-state index is 0.0404. The van der Waals surface area contributed by atoms with Gasteiger partial charge in [0.25, 0.3) is 5.91 Å². The molecule has 1 aromatic carbocycles. The third-order valence-corrected chi connectivity index (χ3v) is 5.08. The highest BCUT2D eigenvalue weighted by Gasteiger charge is 2.25. The van der Waals surface area contributed by atoms with Crippen molar-refractivity contribution in [3.8, 4) is 5.75 Å². The van der Waals surface area contributed by atoms with E-state index in [4.69, 9.17) is 16.3 Å². The van der Waals surface area contributed by atoms with E-state index in [0.29, 0.717) is 36.0 Å². The number of benzene rings is 1. The Balaban J connectivity index is 1.71. The predicted octanol–water partition coefficient (Wildman–Crippen LogP) is 3.03. The van der Waals surface area contributed by atoms with E-state index in [1.54, 1.807) is 43.3 Å². The lowest BCUT2D eigenvalue weighted by molar-refractivity contribution is -0.130. The zero-order valence-corrected chi connectivity index (χ0v) is 17.1. The van der Waals surface area contributed by atoms with E-state index in [9.17, 15) is 9.59 Å². The Hall–Kier alpha value is -2.54. The smallest absolute Gasteiger partial charge is 0.257 e. The molecule has 2 heterocycles. The standard InChI is InChI=1S/C20H25ClN4O3/c1-13-11-22-19(23-13)12-24(3)20(27)17-10-15(21)4-5-18(17)28-16-6-8-25(9-7-16)14(2)26/h4-5,10-11,16H,6-9,12H2,1-3H3,(H,22,23). The zero-order valence-electron chi connectivity index (χ0n) is 16.4. The van der Waals surface area contributed by atoms with Crippen molar-refractivity contribution in [3.63, 3.8) is 0 Å². The maximum Gasteiger partial charge on any atom is 0.257 e. The number of aromatic amines is 1. The number of carbonyl (C=O) groups is 2. The summed E-state index contributed by atoms with van der Waals surface area (Å²) in [6.45, 7) is 5.17. The molecule has 0 saturated carbocycles. The van der Waals surface area contributed by atoms with Gasteiger partial charge in [-0.3, -0.25) is 9.59 Å². The lowest BCUT2D eigenvalue weighted by atomic mass is 10.1. The maximum atomic E-state index is 13.0. The average Bonchev–Trinajstić information content (AvgIpc) is 3.07. The summed E-state index contributed by atoms with van der Waals surface area (Å²) in [5, 5.41) is 0.476. The average molecular weight is 405 g/mol. The monoisotopic (exact) mass is 404 g/mol. The molecule has 2 amide bonds. The number of H-pyrrole nitrogens is 1. The molecule has 0 spiro atoms. The minimum atomic E-state index is -0.187. The Morgan fingerprint density at radius 1 is 1.36 bits per heavy atom. The maximum absolute atomic E-state index is 13.0. The first-order valence-electron chi connectivity index (χ1n) is 9.31. The molecule has 1 N–H and O–H groups in total. The Kier molecular flexibility index (Phi) is 6.24. The number of ether oxygens (including phenoxy) is 1. The largest absolute Gasteiger partial charge is 0.489 e. The van der Waals surface area contributed by atoms with Gasteiger partial charge >= 0.3 is 0 Å². The molecule has 1 fully saturated rings. The van der Waals surface area contributed by atoms with Crippen molar-refractivity contribution in [3.05, 3.63) is 46.5 Å². The van der Waals surface area contributed by atoms with Crippen molar-refractivity contribution in [1.82, 2.24) is 19.8 Å². The number of amides is 2. The number of halogens is 1. The van der Waals surface area contributed by atoms with Crippen molar-refractivity contribution in [2.24, 2.45) is 0 Å². The highest BCUT2D eigenvalue weighted by Crippen LogP contribution is 2.27. The summed E-state index contributed by atoms with van der Waals surface area (Å²) in [6, 6.07) is 5.08. The molecular formula is C20H25ClN4O3. The number of rotatable bonds is 5. The van der Waals surface area contributed by atoms with Gasteiger partial charge in [-0.1, -0.05) is 11.6 Å². The normalized spacial score (nSPS) is 14.8. The Morgan fingerprint density at radius 3 is 2.68 bits per heavy atom. The summed E-state index contributed by atoms with van der Waals surface area (Å²) >= 11 is 6.14. The zero-order chi connectivity index (χ0) is 20.3. The van der Waals surface area contributed by atoms with Crippen molar-refractivity contribution < 1.29 is 14.3 Å². The molecule has 0 aliphatic carbocycles. The summed E-state index contributed by atoms with van der Waals surface area (Å²) in [5.41, 5.74) is 1.37. The fraction of sp³-hybridized carbons (Fsp3) is 0.450. The number of carbonyl (C=O) groups excluding carboxylic acids is 2. The summed E-state index contributed by atoms with van der Waals surface area (Å²) in [7, 11) is 1.72. The van der Waals surface area contributed by atoms with Crippen LogP contribution in [0.15, 0.2) is 24.4 Å². The molecular weight excluding hydrogens is 380 g/mol. The van der Waals surface area contributed by atoms with E-state index in [2.05, 4.69) is 9.97 Å². The van der Waals surface area contributed by atoms with E-state index >= 15 is 0 Å². The fourth-order valence-electron chi connectivity index (χ4n) is 3.29. The highest BCUT2D eigenvalue weighted by atomic mass is 35.5. The first-order chi connectivity index (χ1) is 13.3. The van der Waals surface area contributed by atoms with Crippen LogP contribution in [0, 0.1) is 6.92 Å². The van der Waals surface area contributed by atoms with Crippen LogP contribution in [-0.4, -0.2) is 57.8 Å². The molecule has 28 heavy (non-hydrogen) atoms. The number of piperidine rings is 1. The van der Waals surface area contributed by atoms with Crippen LogP contribution in [0.5, 0.6) is 5.75 Å². The van der Waals surface area contributed by atoms with Crippen LogP contribution in [-0.2, 0) is 11.3 Å². The minimum Gasteiger partial charge on any atom is -0.489 e. The van der Waals surface area contributed by atoms with E-state index in [1.165, 1.54) is 0 Å². The van der Waals surface area contributed by atoms with Crippen LogP contribution in [0.3, 0.4) is 0 Å². The number of hydrogen-bond donors (Lipinski definition) is 1. The fourth-order valence-corrected chi connectivity index (χ4v) is 3.46. The summed E-state index contributed by atoms with van der Waals surface area (Å²) < 4.78 is 6.13. The Morgan fingerprint density at radius 2 is 2.07 bits per heavy atom. The predicted molar refractivity (Wildman–Crippen MR) is 106 cm³/mol. The number of aromatic nitrogens is 2. The van der Waals surface area contributed by atoms with Gasteiger partial charge in [0.1, 0.15) is 17.7 Å².